The summed E-state index contributed by atoms with van der Waals surface area (Å²) in [6, 6.07) is 13.6. The standard InChI is InChI=1S/C16H15FN4O/c17-12-6-2-1-5-11(12)15(22)18-9-10-19-16-20-13-7-3-4-8-14(13)21-16/h1-8H,9-10H2,(H,18,22)(H2,19,20,21). The number of amides is 1. The molecule has 1 amide bonds. The summed E-state index contributed by atoms with van der Waals surface area (Å²) in [7, 11) is 0. The molecule has 3 N–H and O–H groups in total. The molecule has 22 heavy (non-hydrogen) atoms. The largest absolute Gasteiger partial charge is 0.354 e. The zero-order valence-electron chi connectivity index (χ0n) is 11.8. The molecule has 1 aromatic heterocycles. The maximum absolute atomic E-state index is 13.4. The number of hydrogen-bond donors (Lipinski definition) is 3. The van der Waals surface area contributed by atoms with Crippen LogP contribution in [0.15, 0.2) is 48.5 Å². The van der Waals surface area contributed by atoms with Crippen LogP contribution in [0.2, 0.25) is 0 Å². The van der Waals surface area contributed by atoms with E-state index in [9.17, 15) is 9.18 Å². The fourth-order valence-corrected chi connectivity index (χ4v) is 2.13. The number of carbonyl (C=O) groups is 1. The van der Waals surface area contributed by atoms with Gasteiger partial charge in [0, 0.05) is 13.1 Å². The van der Waals surface area contributed by atoms with Gasteiger partial charge in [0.25, 0.3) is 5.91 Å². The first-order valence-corrected chi connectivity index (χ1v) is 6.95. The number of para-hydroxylation sites is 2. The summed E-state index contributed by atoms with van der Waals surface area (Å²) < 4.78 is 13.4. The molecule has 0 bridgehead atoms. The minimum atomic E-state index is -0.523. The zero-order valence-corrected chi connectivity index (χ0v) is 11.8. The Bertz CT molecular complexity index is 766. The summed E-state index contributed by atoms with van der Waals surface area (Å²) in [6.45, 7) is 0.851. The summed E-state index contributed by atoms with van der Waals surface area (Å²) in [4.78, 5) is 19.3. The predicted octanol–water partition coefficient (Wildman–Crippen LogP) is 2.54. The average Bonchev–Trinajstić information content (AvgIpc) is 2.94. The van der Waals surface area contributed by atoms with Crippen molar-refractivity contribution in [1.29, 1.82) is 0 Å². The molecule has 0 aliphatic rings. The van der Waals surface area contributed by atoms with Crippen LogP contribution in [-0.2, 0) is 0 Å². The number of carbonyl (C=O) groups excluding carboxylic acids is 1. The molecule has 112 valence electrons. The van der Waals surface area contributed by atoms with E-state index >= 15 is 0 Å². The number of H-pyrrole nitrogens is 1. The maximum Gasteiger partial charge on any atom is 0.254 e. The normalized spacial score (nSPS) is 10.6. The van der Waals surface area contributed by atoms with Gasteiger partial charge in [-0.2, -0.15) is 0 Å². The van der Waals surface area contributed by atoms with Crippen LogP contribution in [0.3, 0.4) is 0 Å². The third-order valence-electron chi connectivity index (χ3n) is 3.21. The zero-order chi connectivity index (χ0) is 15.4. The van der Waals surface area contributed by atoms with E-state index in [4.69, 9.17) is 0 Å². The molecule has 3 rings (SSSR count). The minimum Gasteiger partial charge on any atom is -0.354 e. The van der Waals surface area contributed by atoms with Crippen molar-refractivity contribution >= 4 is 22.9 Å². The van der Waals surface area contributed by atoms with Crippen LogP contribution in [0.1, 0.15) is 10.4 Å². The molecule has 5 nitrogen and oxygen atoms in total. The Morgan fingerprint density at radius 3 is 2.68 bits per heavy atom. The van der Waals surface area contributed by atoms with Gasteiger partial charge in [0.05, 0.1) is 16.6 Å². The second-order valence-corrected chi connectivity index (χ2v) is 4.77. The fraction of sp³-hybridized carbons (Fsp3) is 0.125. The molecule has 0 spiro atoms. The van der Waals surface area contributed by atoms with E-state index in [-0.39, 0.29) is 5.56 Å². The molecule has 3 aromatic rings. The topological polar surface area (TPSA) is 69.8 Å². The maximum atomic E-state index is 13.4. The number of aromatic amines is 1. The Balaban J connectivity index is 1.51. The van der Waals surface area contributed by atoms with Gasteiger partial charge in [0.1, 0.15) is 5.82 Å². The smallest absolute Gasteiger partial charge is 0.254 e. The van der Waals surface area contributed by atoms with Crippen LogP contribution >= 0.6 is 0 Å². The summed E-state index contributed by atoms with van der Waals surface area (Å²) in [5.74, 6) is -0.309. The van der Waals surface area contributed by atoms with Crippen molar-refractivity contribution in [2.45, 2.75) is 0 Å². The van der Waals surface area contributed by atoms with E-state index in [1.165, 1.54) is 12.1 Å². The predicted molar refractivity (Wildman–Crippen MR) is 83.3 cm³/mol. The molecule has 2 aromatic carbocycles. The second-order valence-electron chi connectivity index (χ2n) is 4.77. The van der Waals surface area contributed by atoms with Crippen molar-refractivity contribution < 1.29 is 9.18 Å². The molecule has 0 unspecified atom stereocenters. The molecule has 6 heteroatoms. The molecule has 0 aliphatic carbocycles. The average molecular weight is 298 g/mol. The van der Waals surface area contributed by atoms with E-state index < -0.39 is 11.7 Å². The molecule has 0 atom stereocenters. The highest BCUT2D eigenvalue weighted by Crippen LogP contribution is 2.12. The van der Waals surface area contributed by atoms with Crippen molar-refractivity contribution in [3.63, 3.8) is 0 Å². The second kappa shape index (κ2) is 6.26. The Morgan fingerprint density at radius 2 is 1.86 bits per heavy atom. The fourth-order valence-electron chi connectivity index (χ4n) is 2.13. The van der Waals surface area contributed by atoms with Crippen molar-refractivity contribution in [3.8, 4) is 0 Å². The van der Waals surface area contributed by atoms with E-state index in [0.29, 0.717) is 19.0 Å². The number of fused-ring (bicyclic) bond motifs is 1. The van der Waals surface area contributed by atoms with E-state index in [1.807, 2.05) is 24.3 Å². The molecule has 1 heterocycles. The Morgan fingerprint density at radius 1 is 1.09 bits per heavy atom. The van der Waals surface area contributed by atoms with Gasteiger partial charge in [-0.05, 0) is 24.3 Å². The number of benzene rings is 2. The molecule has 0 saturated carbocycles. The van der Waals surface area contributed by atoms with Gasteiger partial charge in [-0.3, -0.25) is 4.79 Å². The Hall–Kier alpha value is -2.89. The summed E-state index contributed by atoms with van der Waals surface area (Å²) in [6.07, 6.45) is 0. The minimum absolute atomic E-state index is 0.0474. The van der Waals surface area contributed by atoms with Crippen molar-refractivity contribution in [2.24, 2.45) is 0 Å². The summed E-state index contributed by atoms with van der Waals surface area (Å²) in [5.41, 5.74) is 1.87. The molecule has 0 radical (unpaired) electrons. The van der Waals surface area contributed by atoms with Crippen LogP contribution in [0.25, 0.3) is 11.0 Å². The van der Waals surface area contributed by atoms with Crippen LogP contribution < -0.4 is 10.6 Å². The van der Waals surface area contributed by atoms with E-state index in [2.05, 4.69) is 20.6 Å². The van der Waals surface area contributed by atoms with Gasteiger partial charge in [0.15, 0.2) is 0 Å². The lowest BCUT2D eigenvalue weighted by Crippen LogP contribution is -2.29. The van der Waals surface area contributed by atoms with Crippen molar-refractivity contribution in [1.82, 2.24) is 15.3 Å². The third-order valence-corrected chi connectivity index (χ3v) is 3.21. The van der Waals surface area contributed by atoms with Crippen LogP contribution in [0.4, 0.5) is 10.3 Å². The molecule has 0 saturated heterocycles. The number of nitrogens with one attached hydrogen (secondary N) is 3. The highest BCUT2D eigenvalue weighted by atomic mass is 19.1. The van der Waals surface area contributed by atoms with Crippen LogP contribution in [0, 0.1) is 5.82 Å². The van der Waals surface area contributed by atoms with E-state index in [0.717, 1.165) is 11.0 Å². The first kappa shape index (κ1) is 14.1. The van der Waals surface area contributed by atoms with Crippen LogP contribution in [-0.4, -0.2) is 29.0 Å². The quantitative estimate of drug-likeness (QED) is 0.634. The number of hydrogen-bond acceptors (Lipinski definition) is 3. The van der Waals surface area contributed by atoms with E-state index in [1.54, 1.807) is 12.1 Å². The lowest BCUT2D eigenvalue weighted by Gasteiger charge is -2.06. The Kier molecular flexibility index (Phi) is 4.00. The number of nitrogens with zero attached hydrogens (tertiary/aromatic N) is 1. The van der Waals surface area contributed by atoms with Crippen molar-refractivity contribution in [3.05, 3.63) is 59.9 Å². The number of anilines is 1. The SMILES string of the molecule is O=C(NCCNc1nc2ccccc2[nH]1)c1ccccc1F. The molecule has 0 fully saturated rings. The van der Waals surface area contributed by atoms with Gasteiger partial charge in [-0.15, -0.1) is 0 Å². The monoisotopic (exact) mass is 298 g/mol. The third kappa shape index (κ3) is 3.06. The first-order chi connectivity index (χ1) is 10.7. The lowest BCUT2D eigenvalue weighted by molar-refractivity contribution is 0.0951. The van der Waals surface area contributed by atoms with Crippen molar-refractivity contribution in [2.75, 3.05) is 18.4 Å². The molecular weight excluding hydrogens is 283 g/mol. The molecular formula is C16H15FN4O. The highest BCUT2D eigenvalue weighted by molar-refractivity contribution is 5.94. The number of imidazole rings is 1. The first-order valence-electron chi connectivity index (χ1n) is 6.95. The summed E-state index contributed by atoms with van der Waals surface area (Å²) >= 11 is 0. The number of rotatable bonds is 5. The van der Waals surface area contributed by atoms with Gasteiger partial charge >= 0.3 is 0 Å². The highest BCUT2D eigenvalue weighted by Gasteiger charge is 2.09. The van der Waals surface area contributed by atoms with Crippen LogP contribution in [0.5, 0.6) is 0 Å². The van der Waals surface area contributed by atoms with Gasteiger partial charge in [0.2, 0.25) is 5.95 Å². The summed E-state index contributed by atoms with van der Waals surface area (Å²) in [5, 5.41) is 5.74. The number of aromatic nitrogens is 2. The number of halogens is 1. The van der Waals surface area contributed by atoms with Gasteiger partial charge in [-0.25, -0.2) is 9.37 Å². The Labute approximate surface area is 126 Å². The molecule has 0 aliphatic heterocycles. The lowest BCUT2D eigenvalue weighted by atomic mass is 10.2. The van der Waals surface area contributed by atoms with Gasteiger partial charge in [-0.1, -0.05) is 24.3 Å². The van der Waals surface area contributed by atoms with Gasteiger partial charge < -0.3 is 15.6 Å².